The summed E-state index contributed by atoms with van der Waals surface area (Å²) < 4.78 is 0. The third-order valence-electron chi connectivity index (χ3n) is 2.08. The van der Waals surface area contributed by atoms with E-state index in [1.165, 1.54) is 5.69 Å². The molecule has 0 unspecified atom stereocenters. The zero-order chi connectivity index (χ0) is 9.14. The Morgan fingerprint density at radius 2 is 1.46 bits per heavy atom. The summed E-state index contributed by atoms with van der Waals surface area (Å²) in [5.74, 6) is 0. The molecule has 1 aromatic rings. The summed E-state index contributed by atoms with van der Waals surface area (Å²) in [4.78, 5) is 2.13. The van der Waals surface area contributed by atoms with E-state index in [-0.39, 0.29) is 4.70 Å². The molecule has 0 saturated heterocycles. The molecule has 0 N–H and O–H groups in total. The lowest BCUT2D eigenvalue weighted by molar-refractivity contribution is 1.11. The number of rotatable bonds is 2. The van der Waals surface area contributed by atoms with Crippen molar-refractivity contribution < 1.29 is 4.70 Å². The van der Waals surface area contributed by atoms with Gasteiger partial charge < -0.3 is 4.90 Å². The molecule has 0 aliphatic rings. The van der Waals surface area contributed by atoms with E-state index in [1.807, 2.05) is 0 Å². The molecule has 0 spiro atoms. The maximum Gasteiger partial charge on any atom is 0.0647 e. The first kappa shape index (κ1) is 12.2. The van der Waals surface area contributed by atoms with Crippen LogP contribution >= 0.6 is 0 Å². The van der Waals surface area contributed by atoms with Crippen LogP contribution in [0.3, 0.4) is 0 Å². The first-order valence-corrected chi connectivity index (χ1v) is 7.27. The van der Waals surface area contributed by atoms with E-state index in [1.54, 1.807) is 5.19 Å². The molecule has 1 nitrogen and oxygen atoms in total. The molecule has 0 bridgehead atoms. The monoisotopic (exact) mass is 199 g/mol. The Balaban J connectivity index is 0.00000144. The molecule has 74 valence electrons. The number of halogens is 1. The Morgan fingerprint density at radius 3 is 1.77 bits per heavy atom. The Labute approximate surface area is 81.4 Å². The van der Waals surface area contributed by atoms with E-state index in [4.69, 9.17) is 0 Å². The molecule has 0 amide bonds. The summed E-state index contributed by atoms with van der Waals surface area (Å²) >= 11 is 0. The molecule has 1 rings (SSSR count). The predicted molar refractivity (Wildman–Crippen MR) is 61.8 cm³/mol. The highest BCUT2D eigenvalue weighted by molar-refractivity contribution is 6.70. The molecule has 0 aliphatic heterocycles. The average molecular weight is 199 g/mol. The minimum Gasteiger partial charge on any atom is -0.378 e. The molecule has 0 aromatic heterocycles. The lowest BCUT2D eigenvalue weighted by Crippen LogP contribution is -2.22. The SMILES string of the molecule is CN(C)c1ccc([SiH](C)C)cc1.F. The first-order valence-electron chi connectivity index (χ1n) is 4.38. The van der Waals surface area contributed by atoms with Crippen LogP contribution in [0.4, 0.5) is 10.4 Å². The quantitative estimate of drug-likeness (QED) is 0.654. The van der Waals surface area contributed by atoms with Crippen molar-refractivity contribution in [1.29, 1.82) is 0 Å². The summed E-state index contributed by atoms with van der Waals surface area (Å²) in [5.41, 5.74) is 1.29. The summed E-state index contributed by atoms with van der Waals surface area (Å²) in [5, 5.41) is 1.54. The minimum atomic E-state index is -0.599. The molecule has 0 radical (unpaired) electrons. The maximum atomic E-state index is 2.35. The van der Waals surface area contributed by atoms with Gasteiger partial charge in [0, 0.05) is 19.8 Å². The van der Waals surface area contributed by atoms with Crippen LogP contribution in [-0.4, -0.2) is 22.9 Å². The highest BCUT2D eigenvalue weighted by Crippen LogP contribution is 2.07. The fourth-order valence-corrected chi connectivity index (χ4v) is 2.12. The van der Waals surface area contributed by atoms with Gasteiger partial charge in [0.2, 0.25) is 0 Å². The Hall–Kier alpha value is -0.833. The second kappa shape index (κ2) is 5.02. The van der Waals surface area contributed by atoms with Crippen molar-refractivity contribution in [3.63, 3.8) is 0 Å². The molecule has 0 saturated carbocycles. The normalized spacial score (nSPS) is 9.62. The molecule has 3 heteroatoms. The Morgan fingerprint density at radius 1 is 1.00 bits per heavy atom. The van der Waals surface area contributed by atoms with Crippen LogP contribution in [-0.2, 0) is 0 Å². The third-order valence-corrected chi connectivity index (χ3v) is 3.79. The molecule has 0 fully saturated rings. The van der Waals surface area contributed by atoms with Crippen molar-refractivity contribution in [2.45, 2.75) is 13.1 Å². The lowest BCUT2D eigenvalue weighted by Gasteiger charge is -2.13. The van der Waals surface area contributed by atoms with Gasteiger partial charge in [-0.15, -0.1) is 0 Å². The molecule has 1 aromatic carbocycles. The fraction of sp³-hybridized carbons (Fsp3) is 0.400. The van der Waals surface area contributed by atoms with E-state index < -0.39 is 8.80 Å². The van der Waals surface area contributed by atoms with Gasteiger partial charge in [-0.2, -0.15) is 0 Å². The fourth-order valence-electron chi connectivity index (χ4n) is 1.16. The molecule has 0 aliphatic carbocycles. The van der Waals surface area contributed by atoms with Crippen LogP contribution < -0.4 is 10.1 Å². The van der Waals surface area contributed by atoms with Gasteiger partial charge in [0.25, 0.3) is 0 Å². The van der Waals surface area contributed by atoms with Gasteiger partial charge in [0.15, 0.2) is 0 Å². The van der Waals surface area contributed by atoms with Crippen molar-refractivity contribution in [2.24, 2.45) is 0 Å². The zero-order valence-electron chi connectivity index (χ0n) is 8.74. The molecule has 0 heterocycles. The lowest BCUT2D eigenvalue weighted by atomic mass is 10.3. The standard InChI is InChI=1S/C10H17NSi.FH/c1-11(2)9-5-7-10(8-6-9)12(3)4;/h5-8,12H,1-4H3;1H. The van der Waals surface area contributed by atoms with Crippen LogP contribution in [0.2, 0.25) is 13.1 Å². The second-order valence-corrected chi connectivity index (χ2v) is 6.62. The number of anilines is 1. The number of hydrogen-bond acceptors (Lipinski definition) is 1. The molecular weight excluding hydrogens is 181 g/mol. The highest BCUT2D eigenvalue weighted by atomic mass is 28.3. The molecular formula is C10H18FNSi. The van der Waals surface area contributed by atoms with Gasteiger partial charge in [-0.3, -0.25) is 4.70 Å². The van der Waals surface area contributed by atoms with Gasteiger partial charge in [-0.25, -0.2) is 0 Å². The van der Waals surface area contributed by atoms with E-state index in [0.717, 1.165) is 0 Å². The van der Waals surface area contributed by atoms with Crippen molar-refractivity contribution in [2.75, 3.05) is 19.0 Å². The van der Waals surface area contributed by atoms with Crippen molar-refractivity contribution in [3.8, 4) is 0 Å². The van der Waals surface area contributed by atoms with Gasteiger partial charge in [-0.05, 0) is 12.1 Å². The summed E-state index contributed by atoms with van der Waals surface area (Å²) in [6.45, 7) is 4.70. The van der Waals surface area contributed by atoms with Gasteiger partial charge in [0.1, 0.15) is 0 Å². The Bertz CT molecular complexity index is 217. The predicted octanol–water partition coefficient (Wildman–Crippen LogP) is 1.60. The molecule has 13 heavy (non-hydrogen) atoms. The highest BCUT2D eigenvalue weighted by Gasteiger charge is 2.00. The maximum absolute atomic E-state index is 2.35. The van der Waals surface area contributed by atoms with Gasteiger partial charge >= 0.3 is 0 Å². The number of nitrogens with zero attached hydrogens (tertiary/aromatic N) is 1. The third kappa shape index (κ3) is 3.18. The first-order chi connectivity index (χ1) is 5.61. The van der Waals surface area contributed by atoms with Crippen molar-refractivity contribution >= 4 is 19.7 Å². The van der Waals surface area contributed by atoms with E-state index in [9.17, 15) is 0 Å². The van der Waals surface area contributed by atoms with Gasteiger partial charge in [-0.1, -0.05) is 30.4 Å². The van der Waals surface area contributed by atoms with Gasteiger partial charge in [0.05, 0.1) is 8.80 Å². The van der Waals surface area contributed by atoms with Crippen LogP contribution in [0.5, 0.6) is 0 Å². The number of benzene rings is 1. The van der Waals surface area contributed by atoms with Crippen LogP contribution in [0.25, 0.3) is 0 Å². The number of hydrogen-bond donors (Lipinski definition) is 0. The zero-order valence-corrected chi connectivity index (χ0v) is 9.90. The van der Waals surface area contributed by atoms with E-state index >= 15 is 0 Å². The Kier molecular flexibility index (Phi) is 4.70. The largest absolute Gasteiger partial charge is 0.378 e. The van der Waals surface area contributed by atoms with Crippen LogP contribution in [0, 0.1) is 0 Å². The van der Waals surface area contributed by atoms with Crippen LogP contribution in [0.15, 0.2) is 24.3 Å². The minimum absolute atomic E-state index is 0. The molecule has 0 atom stereocenters. The smallest absolute Gasteiger partial charge is 0.0647 e. The second-order valence-electron chi connectivity index (χ2n) is 3.64. The van der Waals surface area contributed by atoms with Crippen LogP contribution in [0.1, 0.15) is 0 Å². The summed E-state index contributed by atoms with van der Waals surface area (Å²) in [7, 11) is 3.54. The van der Waals surface area contributed by atoms with E-state index in [0.29, 0.717) is 0 Å². The van der Waals surface area contributed by atoms with E-state index in [2.05, 4.69) is 56.4 Å². The average Bonchev–Trinajstić information content (AvgIpc) is 2.04. The van der Waals surface area contributed by atoms with Crippen molar-refractivity contribution in [1.82, 2.24) is 0 Å². The summed E-state index contributed by atoms with van der Waals surface area (Å²) in [6.07, 6.45) is 0. The van der Waals surface area contributed by atoms with Crippen molar-refractivity contribution in [3.05, 3.63) is 24.3 Å². The summed E-state index contributed by atoms with van der Waals surface area (Å²) in [6, 6.07) is 8.91. The topological polar surface area (TPSA) is 3.24 Å².